The van der Waals surface area contributed by atoms with Gasteiger partial charge in [0.2, 0.25) is 11.8 Å². The zero-order chi connectivity index (χ0) is 12.8. The van der Waals surface area contributed by atoms with E-state index in [1.807, 2.05) is 31.2 Å². The maximum atomic E-state index is 11.9. The average Bonchev–Trinajstić information content (AvgIpc) is 2.25. The molecule has 0 aromatic heterocycles. The summed E-state index contributed by atoms with van der Waals surface area (Å²) < 4.78 is 1.09. The van der Waals surface area contributed by atoms with Gasteiger partial charge >= 0.3 is 0 Å². The molecule has 0 atom stereocenters. The van der Waals surface area contributed by atoms with E-state index < -0.39 is 5.91 Å². The maximum absolute atomic E-state index is 11.9. The van der Waals surface area contributed by atoms with E-state index >= 15 is 0 Å². The van der Waals surface area contributed by atoms with Crippen molar-refractivity contribution < 1.29 is 9.59 Å². The first-order chi connectivity index (χ1) is 8.02. The van der Waals surface area contributed by atoms with E-state index in [-0.39, 0.29) is 12.5 Å². The number of carbonyl (C=O) groups is 2. The summed E-state index contributed by atoms with van der Waals surface area (Å²) >= 11 is 2.20. The third kappa shape index (κ3) is 4.72. The van der Waals surface area contributed by atoms with Gasteiger partial charge in [0.05, 0.1) is 13.0 Å². The van der Waals surface area contributed by atoms with Crippen molar-refractivity contribution in [2.45, 2.75) is 13.3 Å². The number of carbonyl (C=O) groups excluding carboxylic acids is 2. The van der Waals surface area contributed by atoms with Gasteiger partial charge in [-0.3, -0.25) is 9.59 Å². The van der Waals surface area contributed by atoms with Crippen molar-refractivity contribution in [1.82, 2.24) is 4.90 Å². The molecule has 2 N–H and O–H groups in total. The van der Waals surface area contributed by atoms with Crippen LogP contribution in [-0.4, -0.2) is 29.8 Å². The van der Waals surface area contributed by atoms with E-state index in [0.717, 1.165) is 9.13 Å². The molecule has 0 unspecified atom stereocenters. The normalized spacial score (nSPS) is 10.0. The first-order valence-electron chi connectivity index (χ1n) is 5.33. The summed E-state index contributed by atoms with van der Waals surface area (Å²) in [6, 6.07) is 7.74. The zero-order valence-corrected chi connectivity index (χ0v) is 11.8. The van der Waals surface area contributed by atoms with Crippen LogP contribution in [0.25, 0.3) is 0 Å². The van der Waals surface area contributed by atoms with Gasteiger partial charge in [0.1, 0.15) is 0 Å². The van der Waals surface area contributed by atoms with Gasteiger partial charge < -0.3 is 10.6 Å². The van der Waals surface area contributed by atoms with Gasteiger partial charge in [-0.2, -0.15) is 0 Å². The minimum absolute atomic E-state index is 0.0146. The van der Waals surface area contributed by atoms with Gasteiger partial charge in [0.15, 0.2) is 0 Å². The van der Waals surface area contributed by atoms with E-state index in [1.54, 1.807) is 0 Å². The molecule has 2 amide bonds. The second-order valence-electron chi connectivity index (χ2n) is 3.68. The first kappa shape index (κ1) is 14.0. The Morgan fingerprint density at radius 2 is 2.12 bits per heavy atom. The number of hydrogen-bond acceptors (Lipinski definition) is 2. The number of nitrogens with zero attached hydrogens (tertiary/aromatic N) is 1. The van der Waals surface area contributed by atoms with E-state index in [9.17, 15) is 9.59 Å². The van der Waals surface area contributed by atoms with Crippen molar-refractivity contribution in [3.8, 4) is 0 Å². The van der Waals surface area contributed by atoms with E-state index in [1.165, 1.54) is 4.90 Å². The number of benzene rings is 1. The van der Waals surface area contributed by atoms with Crippen LogP contribution in [-0.2, 0) is 16.0 Å². The van der Waals surface area contributed by atoms with Crippen LogP contribution in [0.2, 0.25) is 0 Å². The molecule has 0 aliphatic heterocycles. The molecule has 0 radical (unpaired) electrons. The van der Waals surface area contributed by atoms with Crippen LogP contribution in [0, 0.1) is 3.57 Å². The number of halogens is 1. The number of amides is 2. The fourth-order valence-electron chi connectivity index (χ4n) is 1.50. The molecule has 0 saturated carbocycles. The fraction of sp³-hybridized carbons (Fsp3) is 0.333. The summed E-state index contributed by atoms with van der Waals surface area (Å²) in [6.07, 6.45) is 0.304. The second kappa shape index (κ2) is 6.58. The molecule has 0 heterocycles. The topological polar surface area (TPSA) is 63.4 Å². The Kier molecular flexibility index (Phi) is 5.40. The van der Waals surface area contributed by atoms with Crippen LogP contribution in [0.1, 0.15) is 12.5 Å². The highest BCUT2D eigenvalue weighted by Gasteiger charge is 2.14. The Morgan fingerprint density at radius 1 is 1.41 bits per heavy atom. The molecule has 4 nitrogen and oxygen atoms in total. The third-order valence-electron chi connectivity index (χ3n) is 2.33. The highest BCUT2D eigenvalue weighted by Crippen LogP contribution is 2.09. The molecule has 1 aromatic carbocycles. The fourth-order valence-corrected chi connectivity index (χ4v) is 2.11. The highest BCUT2D eigenvalue weighted by atomic mass is 127. The van der Waals surface area contributed by atoms with Crippen LogP contribution < -0.4 is 5.73 Å². The van der Waals surface area contributed by atoms with Gasteiger partial charge in [0, 0.05) is 10.1 Å². The Balaban J connectivity index is 2.67. The number of likely N-dealkylation sites (N-methyl/N-ethyl adjacent to an activating group) is 1. The Morgan fingerprint density at radius 3 is 2.65 bits per heavy atom. The van der Waals surface area contributed by atoms with Crippen LogP contribution in [0.5, 0.6) is 0 Å². The molecule has 5 heteroatoms. The minimum Gasteiger partial charge on any atom is -0.368 e. The number of hydrogen-bond donors (Lipinski definition) is 1. The predicted molar refractivity (Wildman–Crippen MR) is 74.3 cm³/mol. The minimum atomic E-state index is -0.483. The first-order valence-corrected chi connectivity index (χ1v) is 6.41. The highest BCUT2D eigenvalue weighted by molar-refractivity contribution is 14.1. The van der Waals surface area contributed by atoms with Gasteiger partial charge in [-0.15, -0.1) is 0 Å². The Labute approximate surface area is 114 Å². The third-order valence-corrected chi connectivity index (χ3v) is 3.00. The predicted octanol–water partition coefficient (Wildman–Crippen LogP) is 1.17. The van der Waals surface area contributed by atoms with Crippen molar-refractivity contribution in [2.24, 2.45) is 5.73 Å². The van der Waals surface area contributed by atoms with Crippen LogP contribution >= 0.6 is 22.6 Å². The molecule has 1 aromatic rings. The summed E-state index contributed by atoms with van der Waals surface area (Å²) in [4.78, 5) is 24.2. The van der Waals surface area contributed by atoms with E-state index in [0.29, 0.717) is 13.0 Å². The van der Waals surface area contributed by atoms with Crippen LogP contribution in [0.4, 0.5) is 0 Å². The molecule has 0 aliphatic rings. The summed E-state index contributed by atoms with van der Waals surface area (Å²) in [7, 11) is 0. The molecule has 0 spiro atoms. The van der Waals surface area contributed by atoms with Crippen LogP contribution in [0.15, 0.2) is 24.3 Å². The molecule has 0 aliphatic carbocycles. The number of nitrogens with two attached hydrogens (primary N) is 1. The lowest BCUT2D eigenvalue weighted by Gasteiger charge is -2.19. The molecule has 0 saturated heterocycles. The quantitative estimate of drug-likeness (QED) is 0.814. The molecule has 0 fully saturated rings. The van der Waals surface area contributed by atoms with Gasteiger partial charge in [0.25, 0.3) is 0 Å². The van der Waals surface area contributed by atoms with E-state index in [4.69, 9.17) is 5.73 Å². The Bertz CT molecular complexity index is 421. The monoisotopic (exact) mass is 346 g/mol. The van der Waals surface area contributed by atoms with Crippen molar-refractivity contribution in [2.75, 3.05) is 13.1 Å². The van der Waals surface area contributed by atoms with Crippen molar-refractivity contribution in [1.29, 1.82) is 0 Å². The number of primary amides is 1. The summed E-state index contributed by atoms with van der Waals surface area (Å²) in [5, 5.41) is 0. The maximum Gasteiger partial charge on any atom is 0.237 e. The molecule has 1 rings (SSSR count). The smallest absolute Gasteiger partial charge is 0.237 e. The van der Waals surface area contributed by atoms with E-state index in [2.05, 4.69) is 22.6 Å². The zero-order valence-electron chi connectivity index (χ0n) is 9.65. The van der Waals surface area contributed by atoms with Gasteiger partial charge in [-0.05, 0) is 47.2 Å². The number of rotatable bonds is 5. The summed E-state index contributed by atoms with van der Waals surface area (Å²) in [6.45, 7) is 2.31. The summed E-state index contributed by atoms with van der Waals surface area (Å²) in [5.74, 6) is -0.559. The lowest BCUT2D eigenvalue weighted by atomic mass is 10.1. The van der Waals surface area contributed by atoms with Crippen molar-refractivity contribution in [3.63, 3.8) is 0 Å². The molecule has 0 bridgehead atoms. The molecule has 92 valence electrons. The standard InChI is InChI=1S/C12H15IN2O2/c1-2-15(8-11(14)16)12(17)7-9-4-3-5-10(13)6-9/h3-6H,2,7-8H2,1H3,(H2,14,16). The van der Waals surface area contributed by atoms with Crippen LogP contribution in [0.3, 0.4) is 0 Å². The van der Waals surface area contributed by atoms with Gasteiger partial charge in [-0.1, -0.05) is 12.1 Å². The van der Waals surface area contributed by atoms with Gasteiger partial charge in [-0.25, -0.2) is 0 Å². The largest absolute Gasteiger partial charge is 0.368 e. The average molecular weight is 346 g/mol. The SMILES string of the molecule is CCN(CC(N)=O)C(=O)Cc1cccc(I)c1. The molecule has 17 heavy (non-hydrogen) atoms. The molecular weight excluding hydrogens is 331 g/mol. The van der Waals surface area contributed by atoms with Crippen molar-refractivity contribution in [3.05, 3.63) is 33.4 Å². The second-order valence-corrected chi connectivity index (χ2v) is 4.93. The van der Waals surface area contributed by atoms with Crippen molar-refractivity contribution >= 4 is 34.4 Å². The summed E-state index contributed by atoms with van der Waals surface area (Å²) in [5.41, 5.74) is 6.04. The lowest BCUT2D eigenvalue weighted by molar-refractivity contribution is -0.134. The Hall–Kier alpha value is -1.11. The molecular formula is C12H15IN2O2. The lowest BCUT2D eigenvalue weighted by Crippen LogP contribution is -2.39.